The van der Waals surface area contributed by atoms with Crippen LogP contribution < -0.4 is 5.32 Å². The van der Waals surface area contributed by atoms with Gasteiger partial charge in [0.1, 0.15) is 17.0 Å². The van der Waals surface area contributed by atoms with E-state index in [2.05, 4.69) is 10.3 Å². The monoisotopic (exact) mass is 466 g/mol. The zero-order valence-corrected chi connectivity index (χ0v) is 20.7. The SMILES string of the molecule is CN(CCC(C)(C)O)C(=O)c1cn2c(C(=O)NC[C@@H]3CCC4CC4C4CCC3C4)cccc2n1. The molecule has 0 aliphatic heterocycles. The summed E-state index contributed by atoms with van der Waals surface area (Å²) in [7, 11) is 1.71. The molecule has 3 aliphatic rings. The number of carbonyl (C=O) groups excluding carboxylic acids is 2. The molecule has 3 aliphatic carbocycles. The smallest absolute Gasteiger partial charge is 0.273 e. The summed E-state index contributed by atoms with van der Waals surface area (Å²) in [4.78, 5) is 32.1. The highest BCUT2D eigenvalue weighted by atomic mass is 16.3. The molecule has 2 amide bonds. The van der Waals surface area contributed by atoms with Crippen LogP contribution in [0.15, 0.2) is 24.4 Å². The number of carbonyl (C=O) groups is 2. The summed E-state index contributed by atoms with van der Waals surface area (Å²) in [6.07, 6.45) is 10.2. The number of hydrogen-bond donors (Lipinski definition) is 2. The molecule has 0 spiro atoms. The minimum absolute atomic E-state index is 0.113. The first-order chi connectivity index (χ1) is 16.2. The molecule has 2 bridgehead atoms. The van der Waals surface area contributed by atoms with E-state index in [4.69, 9.17) is 0 Å². The number of hydrogen-bond acceptors (Lipinski definition) is 4. The molecule has 184 valence electrons. The number of rotatable bonds is 7. The summed E-state index contributed by atoms with van der Waals surface area (Å²) in [5.74, 6) is 3.87. The van der Waals surface area contributed by atoms with Gasteiger partial charge in [-0.15, -0.1) is 0 Å². The van der Waals surface area contributed by atoms with Gasteiger partial charge in [0.05, 0.1) is 5.60 Å². The fraction of sp³-hybridized carbons (Fsp3) is 0.667. The molecule has 2 aromatic heterocycles. The quantitative estimate of drug-likeness (QED) is 0.651. The van der Waals surface area contributed by atoms with Gasteiger partial charge in [-0.1, -0.05) is 6.07 Å². The zero-order valence-electron chi connectivity index (χ0n) is 20.7. The predicted molar refractivity (Wildman–Crippen MR) is 131 cm³/mol. The largest absolute Gasteiger partial charge is 0.390 e. The maximum Gasteiger partial charge on any atom is 0.273 e. The molecule has 2 heterocycles. The van der Waals surface area contributed by atoms with Gasteiger partial charge in [-0.3, -0.25) is 14.0 Å². The van der Waals surface area contributed by atoms with E-state index < -0.39 is 5.60 Å². The van der Waals surface area contributed by atoms with Crippen molar-refractivity contribution in [3.05, 3.63) is 35.8 Å². The van der Waals surface area contributed by atoms with Gasteiger partial charge in [0.2, 0.25) is 0 Å². The third kappa shape index (κ3) is 4.85. The Labute approximate surface area is 201 Å². The Hall–Kier alpha value is -2.41. The van der Waals surface area contributed by atoms with Crippen molar-refractivity contribution in [1.29, 1.82) is 0 Å². The molecule has 7 nitrogen and oxygen atoms in total. The molecule has 5 rings (SSSR count). The third-order valence-electron chi connectivity index (χ3n) is 8.55. The molecule has 34 heavy (non-hydrogen) atoms. The summed E-state index contributed by atoms with van der Waals surface area (Å²) >= 11 is 0. The van der Waals surface area contributed by atoms with Crippen molar-refractivity contribution in [1.82, 2.24) is 19.6 Å². The topological polar surface area (TPSA) is 86.9 Å². The molecule has 2 N–H and O–H groups in total. The van der Waals surface area contributed by atoms with E-state index in [9.17, 15) is 14.7 Å². The predicted octanol–water partition coefficient (Wildman–Crippen LogP) is 3.76. The summed E-state index contributed by atoms with van der Waals surface area (Å²) in [5.41, 5.74) is 0.543. The van der Waals surface area contributed by atoms with Gasteiger partial charge in [-0.25, -0.2) is 4.98 Å². The highest BCUT2D eigenvalue weighted by Crippen LogP contribution is 2.57. The van der Waals surface area contributed by atoms with Crippen LogP contribution in [-0.4, -0.2) is 56.9 Å². The fourth-order valence-corrected chi connectivity index (χ4v) is 6.33. The molecule has 5 atom stereocenters. The molecule has 7 heteroatoms. The van der Waals surface area contributed by atoms with Gasteiger partial charge < -0.3 is 15.3 Å². The number of nitrogens with zero attached hydrogens (tertiary/aromatic N) is 3. The highest BCUT2D eigenvalue weighted by molar-refractivity contribution is 5.95. The average molecular weight is 467 g/mol. The second-order valence-electron chi connectivity index (χ2n) is 11.6. The summed E-state index contributed by atoms with van der Waals surface area (Å²) < 4.78 is 1.71. The van der Waals surface area contributed by atoms with Crippen LogP contribution in [0.1, 0.15) is 79.8 Å². The van der Waals surface area contributed by atoms with Gasteiger partial charge in [0, 0.05) is 26.3 Å². The second kappa shape index (κ2) is 8.99. The molecular weight excluding hydrogens is 428 g/mol. The summed E-state index contributed by atoms with van der Waals surface area (Å²) in [6.45, 7) is 4.61. The van der Waals surface area contributed by atoms with E-state index >= 15 is 0 Å². The van der Waals surface area contributed by atoms with Crippen LogP contribution in [0, 0.1) is 29.6 Å². The van der Waals surface area contributed by atoms with Crippen molar-refractivity contribution in [2.45, 2.75) is 64.4 Å². The Bertz CT molecular complexity index is 1070. The van der Waals surface area contributed by atoms with Crippen LogP contribution in [0.5, 0.6) is 0 Å². The van der Waals surface area contributed by atoms with Gasteiger partial charge in [0.25, 0.3) is 11.8 Å². The van der Waals surface area contributed by atoms with E-state index in [-0.39, 0.29) is 11.8 Å². The fourth-order valence-electron chi connectivity index (χ4n) is 6.33. The Balaban J connectivity index is 1.25. The number of fused-ring (bicyclic) bond motifs is 5. The number of amides is 2. The van der Waals surface area contributed by atoms with Crippen LogP contribution in [-0.2, 0) is 0 Å². The molecule has 0 saturated heterocycles. The summed E-state index contributed by atoms with van der Waals surface area (Å²) in [5, 5.41) is 13.2. The molecule has 3 fully saturated rings. The van der Waals surface area contributed by atoms with E-state index in [1.165, 1.54) is 38.5 Å². The number of pyridine rings is 1. The first kappa shape index (κ1) is 23.3. The summed E-state index contributed by atoms with van der Waals surface area (Å²) in [6, 6.07) is 5.41. The molecule has 0 aromatic carbocycles. The molecule has 3 saturated carbocycles. The first-order valence-corrected chi connectivity index (χ1v) is 12.9. The minimum Gasteiger partial charge on any atom is -0.390 e. The molecule has 2 aromatic rings. The van der Waals surface area contributed by atoms with Crippen LogP contribution in [0.4, 0.5) is 0 Å². The Morgan fingerprint density at radius 2 is 1.88 bits per heavy atom. The van der Waals surface area contributed by atoms with E-state index in [1.54, 1.807) is 42.5 Å². The van der Waals surface area contributed by atoms with Crippen LogP contribution in [0.2, 0.25) is 0 Å². The second-order valence-corrected chi connectivity index (χ2v) is 11.6. The standard InChI is InChI=1S/C27H38N4O3/c1-27(2,34)11-12-30(3)26(33)22-16-31-23(5-4-6-24(31)29-22)25(32)28-15-20-10-9-19-14-21(19)18-8-7-17(20)13-18/h4-6,16-21,34H,7-15H2,1-3H3,(H,28,32)/t17?,18?,19?,20-,21?/m0/s1. The van der Waals surface area contributed by atoms with Crippen molar-refractivity contribution < 1.29 is 14.7 Å². The lowest BCUT2D eigenvalue weighted by molar-refractivity contribution is 0.0542. The maximum atomic E-state index is 13.2. The Kier molecular flexibility index (Phi) is 6.17. The van der Waals surface area contributed by atoms with Crippen molar-refractivity contribution in [2.24, 2.45) is 29.6 Å². The average Bonchev–Trinajstić information content (AvgIpc) is 3.20. The molecule has 4 unspecified atom stereocenters. The Morgan fingerprint density at radius 1 is 1.15 bits per heavy atom. The van der Waals surface area contributed by atoms with E-state index in [0.29, 0.717) is 35.9 Å². The first-order valence-electron chi connectivity index (χ1n) is 12.9. The van der Waals surface area contributed by atoms with Crippen molar-refractivity contribution in [2.75, 3.05) is 20.1 Å². The van der Waals surface area contributed by atoms with Crippen LogP contribution in [0.3, 0.4) is 0 Å². The van der Waals surface area contributed by atoms with E-state index in [1.807, 2.05) is 12.1 Å². The lowest BCUT2D eigenvalue weighted by Crippen LogP contribution is -2.33. The number of aromatic nitrogens is 2. The number of imidazole rings is 1. The Morgan fingerprint density at radius 3 is 2.68 bits per heavy atom. The van der Waals surface area contributed by atoms with Crippen molar-refractivity contribution in [3.8, 4) is 0 Å². The normalized spacial score (nSPS) is 28.2. The zero-order chi connectivity index (χ0) is 24.0. The lowest BCUT2D eigenvalue weighted by atomic mass is 9.83. The lowest BCUT2D eigenvalue weighted by Gasteiger charge is -2.26. The van der Waals surface area contributed by atoms with Gasteiger partial charge >= 0.3 is 0 Å². The van der Waals surface area contributed by atoms with Crippen molar-refractivity contribution in [3.63, 3.8) is 0 Å². The number of aliphatic hydroxyl groups is 1. The van der Waals surface area contributed by atoms with E-state index in [0.717, 1.165) is 30.2 Å². The van der Waals surface area contributed by atoms with Crippen LogP contribution in [0.25, 0.3) is 5.65 Å². The molecule has 0 radical (unpaired) electrons. The number of nitrogens with one attached hydrogen (secondary N) is 1. The highest BCUT2D eigenvalue weighted by Gasteiger charge is 2.48. The minimum atomic E-state index is -0.838. The van der Waals surface area contributed by atoms with Crippen molar-refractivity contribution >= 4 is 17.5 Å². The third-order valence-corrected chi connectivity index (χ3v) is 8.55. The van der Waals surface area contributed by atoms with Gasteiger partial charge in [0.15, 0.2) is 0 Å². The van der Waals surface area contributed by atoms with Crippen LogP contribution >= 0.6 is 0 Å². The maximum absolute atomic E-state index is 13.2. The molecular formula is C27H38N4O3. The van der Waals surface area contributed by atoms with Gasteiger partial charge in [-0.2, -0.15) is 0 Å². The van der Waals surface area contributed by atoms with Gasteiger partial charge in [-0.05, 0) is 101 Å².